The first-order valence-corrected chi connectivity index (χ1v) is 6.46. The second-order valence-electron chi connectivity index (χ2n) is 4.39. The van der Waals surface area contributed by atoms with E-state index in [1.807, 2.05) is 6.07 Å². The third-order valence-electron chi connectivity index (χ3n) is 3.04. The van der Waals surface area contributed by atoms with Crippen LogP contribution in [-0.4, -0.2) is 27.6 Å². The number of para-hydroxylation sites is 1. The molecular formula is C15H12N4O3. The number of ether oxygens (including phenoxy) is 1. The van der Waals surface area contributed by atoms with Gasteiger partial charge in [-0.15, -0.1) is 10.2 Å². The summed E-state index contributed by atoms with van der Waals surface area (Å²) in [4.78, 5) is 15.4. The van der Waals surface area contributed by atoms with Crippen molar-refractivity contribution in [2.45, 2.75) is 0 Å². The van der Waals surface area contributed by atoms with Crippen LogP contribution in [0.1, 0.15) is 10.5 Å². The second-order valence-corrected chi connectivity index (χ2v) is 4.39. The highest BCUT2D eigenvalue weighted by Gasteiger charge is 2.18. The Hall–Kier alpha value is -3.22. The molecule has 0 unspecified atom stereocenters. The lowest BCUT2D eigenvalue weighted by molar-refractivity contribution is 0.0692. The molecule has 110 valence electrons. The van der Waals surface area contributed by atoms with Crippen LogP contribution in [-0.2, 0) is 0 Å². The highest BCUT2D eigenvalue weighted by molar-refractivity contribution is 5.91. The summed E-state index contributed by atoms with van der Waals surface area (Å²) in [5.74, 6) is -0.441. The molecule has 22 heavy (non-hydrogen) atoms. The Morgan fingerprint density at radius 1 is 1.18 bits per heavy atom. The van der Waals surface area contributed by atoms with Gasteiger partial charge in [-0.25, -0.2) is 9.78 Å². The summed E-state index contributed by atoms with van der Waals surface area (Å²) in [6.07, 6.45) is 1.69. The van der Waals surface area contributed by atoms with E-state index in [1.165, 1.54) is 7.11 Å². The molecule has 0 saturated carbocycles. The fourth-order valence-electron chi connectivity index (χ4n) is 2.04. The van der Waals surface area contributed by atoms with Crippen LogP contribution in [0.2, 0.25) is 0 Å². The molecule has 0 amide bonds. The van der Waals surface area contributed by atoms with Gasteiger partial charge < -0.3 is 9.84 Å². The Bertz CT molecular complexity index is 870. The Labute approximate surface area is 125 Å². The molecule has 2 heterocycles. The number of carboxylic acids is 1. The number of fused-ring (bicyclic) bond motifs is 1. The smallest absolute Gasteiger partial charge is 0.358 e. The number of pyridine rings is 1. The molecule has 1 N–H and O–H groups in total. The zero-order chi connectivity index (χ0) is 15.5. The van der Waals surface area contributed by atoms with Crippen molar-refractivity contribution in [1.82, 2.24) is 9.38 Å². The van der Waals surface area contributed by atoms with Gasteiger partial charge in [0.25, 0.3) is 0 Å². The normalized spacial score (nSPS) is 11.1. The summed E-state index contributed by atoms with van der Waals surface area (Å²) in [6, 6.07) is 12.3. The highest BCUT2D eigenvalue weighted by atomic mass is 16.5. The molecule has 0 saturated heterocycles. The van der Waals surface area contributed by atoms with Gasteiger partial charge in [0.05, 0.1) is 7.11 Å². The van der Waals surface area contributed by atoms with E-state index in [4.69, 9.17) is 4.74 Å². The van der Waals surface area contributed by atoms with Crippen molar-refractivity contribution < 1.29 is 14.6 Å². The summed E-state index contributed by atoms with van der Waals surface area (Å²) in [5, 5.41) is 17.4. The van der Waals surface area contributed by atoms with Gasteiger partial charge in [-0.2, -0.15) is 0 Å². The first-order valence-electron chi connectivity index (χ1n) is 6.46. The quantitative estimate of drug-likeness (QED) is 0.747. The number of hydrogen-bond donors (Lipinski definition) is 1. The average molecular weight is 296 g/mol. The number of aromatic nitrogens is 2. The maximum atomic E-state index is 11.3. The maximum Gasteiger partial charge on any atom is 0.358 e. The van der Waals surface area contributed by atoms with Crippen molar-refractivity contribution in [1.29, 1.82) is 0 Å². The number of methoxy groups -OCH3 is 1. The van der Waals surface area contributed by atoms with Gasteiger partial charge in [-0.3, -0.25) is 4.40 Å². The van der Waals surface area contributed by atoms with Gasteiger partial charge in [0, 0.05) is 6.20 Å². The molecule has 3 aromatic rings. The minimum Gasteiger partial charge on any atom is -0.494 e. The van der Waals surface area contributed by atoms with Crippen LogP contribution in [0.25, 0.3) is 5.65 Å². The maximum absolute atomic E-state index is 11.3. The van der Waals surface area contributed by atoms with Crippen LogP contribution in [0.3, 0.4) is 0 Å². The molecule has 0 fully saturated rings. The molecule has 0 aliphatic heterocycles. The highest BCUT2D eigenvalue weighted by Crippen LogP contribution is 2.29. The van der Waals surface area contributed by atoms with Crippen LogP contribution in [0, 0.1) is 0 Å². The number of rotatable bonds is 4. The minimum absolute atomic E-state index is 0.148. The lowest BCUT2D eigenvalue weighted by Gasteiger charge is -2.01. The fourth-order valence-corrected chi connectivity index (χ4v) is 2.04. The Kier molecular flexibility index (Phi) is 3.53. The van der Waals surface area contributed by atoms with E-state index in [2.05, 4.69) is 15.2 Å². The first kappa shape index (κ1) is 13.7. The number of carbonyl (C=O) groups is 1. The fraction of sp³-hybridized carbons (Fsp3) is 0.0667. The molecule has 0 atom stereocenters. The minimum atomic E-state index is -1.15. The molecule has 3 rings (SSSR count). The van der Waals surface area contributed by atoms with Crippen molar-refractivity contribution in [3.63, 3.8) is 0 Å². The number of hydrogen-bond acceptors (Lipinski definition) is 5. The van der Waals surface area contributed by atoms with Gasteiger partial charge in [-0.1, -0.05) is 18.2 Å². The third kappa shape index (κ3) is 2.39. The van der Waals surface area contributed by atoms with Crippen LogP contribution in [0.5, 0.6) is 5.75 Å². The van der Waals surface area contributed by atoms with Gasteiger partial charge in [0.1, 0.15) is 17.1 Å². The summed E-state index contributed by atoms with van der Waals surface area (Å²) >= 11 is 0. The Morgan fingerprint density at radius 2 is 1.95 bits per heavy atom. The number of aromatic carboxylic acids is 1. The summed E-state index contributed by atoms with van der Waals surface area (Å²) < 4.78 is 6.76. The number of azo groups is 1. The van der Waals surface area contributed by atoms with E-state index in [0.29, 0.717) is 17.1 Å². The van der Waals surface area contributed by atoms with E-state index in [9.17, 15) is 9.90 Å². The molecule has 0 aliphatic carbocycles. The molecule has 7 nitrogen and oxygen atoms in total. The molecule has 1 aromatic carbocycles. The van der Waals surface area contributed by atoms with Crippen molar-refractivity contribution >= 4 is 23.1 Å². The van der Waals surface area contributed by atoms with E-state index < -0.39 is 5.97 Å². The molecule has 2 aromatic heterocycles. The van der Waals surface area contributed by atoms with Crippen molar-refractivity contribution in [3.8, 4) is 5.75 Å². The van der Waals surface area contributed by atoms with E-state index in [0.717, 1.165) is 0 Å². The van der Waals surface area contributed by atoms with Crippen molar-refractivity contribution in [3.05, 3.63) is 54.4 Å². The summed E-state index contributed by atoms with van der Waals surface area (Å²) in [6.45, 7) is 0. The van der Waals surface area contributed by atoms with Gasteiger partial charge in [-0.05, 0) is 24.3 Å². The third-order valence-corrected chi connectivity index (χ3v) is 3.04. The zero-order valence-corrected chi connectivity index (χ0v) is 11.7. The molecule has 0 bridgehead atoms. The van der Waals surface area contributed by atoms with Crippen LogP contribution < -0.4 is 4.74 Å². The Morgan fingerprint density at radius 3 is 2.73 bits per heavy atom. The number of imidazole rings is 1. The van der Waals surface area contributed by atoms with Crippen LogP contribution in [0.15, 0.2) is 58.9 Å². The molecule has 0 aliphatic rings. The topological polar surface area (TPSA) is 88.5 Å². The molecule has 0 spiro atoms. The van der Waals surface area contributed by atoms with Crippen molar-refractivity contribution in [2.24, 2.45) is 10.2 Å². The zero-order valence-electron chi connectivity index (χ0n) is 11.7. The van der Waals surface area contributed by atoms with E-state index >= 15 is 0 Å². The van der Waals surface area contributed by atoms with Gasteiger partial charge in [0.2, 0.25) is 0 Å². The Balaban J connectivity index is 2.11. The number of carboxylic acid groups (broad SMARTS) is 1. The monoisotopic (exact) mass is 296 g/mol. The van der Waals surface area contributed by atoms with Gasteiger partial charge >= 0.3 is 5.97 Å². The second kappa shape index (κ2) is 5.65. The standard InChI is InChI=1S/C15H12N4O3/c1-22-11-7-3-2-6-10(11)17-18-14-13(15(20)21)16-12-8-4-5-9-19(12)14/h2-9H,1H3,(H,20,21). The summed E-state index contributed by atoms with van der Waals surface area (Å²) in [7, 11) is 1.53. The van der Waals surface area contributed by atoms with Crippen LogP contribution >= 0.6 is 0 Å². The predicted octanol–water partition coefficient (Wildman–Crippen LogP) is 3.46. The predicted molar refractivity (Wildman–Crippen MR) is 79.3 cm³/mol. The average Bonchev–Trinajstić information content (AvgIpc) is 2.92. The van der Waals surface area contributed by atoms with Gasteiger partial charge in [0.15, 0.2) is 11.5 Å². The summed E-state index contributed by atoms with van der Waals surface area (Å²) in [5.41, 5.74) is 0.853. The van der Waals surface area contributed by atoms with Crippen LogP contribution in [0.4, 0.5) is 11.5 Å². The molecule has 0 radical (unpaired) electrons. The van der Waals surface area contributed by atoms with Crippen molar-refractivity contribution in [2.75, 3.05) is 7.11 Å². The molecular weight excluding hydrogens is 284 g/mol. The van der Waals surface area contributed by atoms with E-state index in [1.54, 1.807) is 47.0 Å². The SMILES string of the molecule is COc1ccccc1N=Nc1c(C(=O)O)nc2ccccn12. The molecule has 7 heteroatoms. The lowest BCUT2D eigenvalue weighted by atomic mass is 10.3. The van der Waals surface area contributed by atoms with E-state index in [-0.39, 0.29) is 11.5 Å². The number of benzene rings is 1. The first-order chi connectivity index (χ1) is 10.7. The lowest BCUT2D eigenvalue weighted by Crippen LogP contribution is -1.96. The number of nitrogens with zero attached hydrogens (tertiary/aromatic N) is 4. The largest absolute Gasteiger partial charge is 0.494 e.